The number of hydrogen-bond acceptors (Lipinski definition) is 12. The highest BCUT2D eigenvalue weighted by atomic mass is 35.5. The number of ether oxygens (including phenoxy) is 2. The normalized spacial score (nSPS) is 14.2. The van der Waals surface area contributed by atoms with E-state index in [9.17, 15) is 31.0 Å². The maximum absolute atomic E-state index is 13.3. The predicted octanol–water partition coefficient (Wildman–Crippen LogP) is 6.76. The molecule has 2 N–H and O–H groups in total. The van der Waals surface area contributed by atoms with Gasteiger partial charge in [0.05, 0.1) is 40.7 Å². The first-order chi connectivity index (χ1) is 26.6. The standard InChI is InChI=1S/C37H42Cl2N4O9S4/c1-4-51-36(44)24-43(25(3)37(45)52-5-2)28-11-13-29(14-12-28)56(49,50)40-17-6-7-18-41-30-21-26(38)9-15-32(30)53-34(41)23-35-42(19-8-20-55(46,47)48)31-22-27(39)10-16-33(31)54-35/h9-16,21-23,25,40H,4-8,17-20,24H2,1-3H3/p+1. The number of thioether (sulfide) groups is 1. The summed E-state index contributed by atoms with van der Waals surface area (Å²) in [5.74, 6) is -1.44. The van der Waals surface area contributed by atoms with Crippen LogP contribution in [0.25, 0.3) is 16.3 Å². The fourth-order valence-corrected chi connectivity index (χ4v) is 10.2. The molecule has 0 radical (unpaired) electrons. The number of esters is 2. The number of carbonyl (C=O) groups excluding carboxylic acids is 2. The van der Waals surface area contributed by atoms with E-state index in [0.717, 1.165) is 30.8 Å². The van der Waals surface area contributed by atoms with E-state index >= 15 is 0 Å². The van der Waals surface area contributed by atoms with Crippen molar-refractivity contribution < 1.29 is 45.0 Å². The minimum Gasteiger partial charge on any atom is -0.465 e. The fourth-order valence-electron chi connectivity index (χ4n) is 6.02. The third-order valence-corrected chi connectivity index (χ3v) is 13.7. The molecule has 0 saturated heterocycles. The van der Waals surface area contributed by atoms with Gasteiger partial charge in [-0.15, -0.1) is 0 Å². The van der Waals surface area contributed by atoms with Gasteiger partial charge in [0.15, 0.2) is 6.54 Å². The number of rotatable bonds is 19. The first-order valence-electron chi connectivity index (χ1n) is 17.8. The molecule has 1 aliphatic rings. The van der Waals surface area contributed by atoms with Crippen molar-refractivity contribution in [2.45, 2.75) is 62.4 Å². The number of halogens is 2. The lowest BCUT2D eigenvalue weighted by atomic mass is 10.2. The summed E-state index contributed by atoms with van der Waals surface area (Å²) in [5, 5.41) is 2.90. The minimum atomic E-state index is -4.13. The summed E-state index contributed by atoms with van der Waals surface area (Å²) in [5.41, 5.74) is 2.22. The Labute approximate surface area is 345 Å². The van der Waals surface area contributed by atoms with E-state index in [4.69, 9.17) is 32.7 Å². The zero-order valence-electron chi connectivity index (χ0n) is 30.9. The van der Waals surface area contributed by atoms with Crippen LogP contribution in [0.2, 0.25) is 10.0 Å². The number of anilines is 2. The van der Waals surface area contributed by atoms with Crippen LogP contribution in [0, 0.1) is 0 Å². The maximum Gasteiger partial charge on any atom is 0.328 e. The molecule has 1 aliphatic heterocycles. The van der Waals surface area contributed by atoms with Crippen molar-refractivity contribution in [2.75, 3.05) is 48.4 Å². The molecule has 0 aliphatic carbocycles. The first-order valence-corrected chi connectivity index (χ1v) is 23.3. The molecule has 0 saturated carbocycles. The van der Waals surface area contributed by atoms with Crippen molar-refractivity contribution in [3.05, 3.63) is 80.7 Å². The molecule has 302 valence electrons. The average molecular weight is 887 g/mol. The number of thiazole rings is 1. The van der Waals surface area contributed by atoms with Gasteiger partial charge in [0.2, 0.25) is 15.5 Å². The quantitative estimate of drug-likeness (QED) is 0.0441. The summed E-state index contributed by atoms with van der Waals surface area (Å²) in [6.07, 6.45) is 3.38. The Hall–Kier alpha value is -3.42. The van der Waals surface area contributed by atoms with Gasteiger partial charge in [-0.3, -0.25) is 9.35 Å². The van der Waals surface area contributed by atoms with Gasteiger partial charge in [-0.05, 0) is 88.2 Å². The third-order valence-electron chi connectivity index (χ3n) is 8.69. The largest absolute Gasteiger partial charge is 0.465 e. The summed E-state index contributed by atoms with van der Waals surface area (Å²) < 4.78 is 74.7. The van der Waals surface area contributed by atoms with E-state index in [2.05, 4.69) is 9.62 Å². The monoisotopic (exact) mass is 885 g/mol. The van der Waals surface area contributed by atoms with Crippen molar-refractivity contribution in [3.8, 4) is 0 Å². The Morgan fingerprint density at radius 1 is 0.964 bits per heavy atom. The molecular formula is C37H43Cl2N4O9S4+. The van der Waals surface area contributed by atoms with E-state index in [1.807, 2.05) is 41.0 Å². The number of nitrogens with one attached hydrogen (secondary N) is 1. The number of sulfonamides is 1. The number of hydrogen-bond donors (Lipinski definition) is 2. The Morgan fingerprint density at radius 2 is 1.66 bits per heavy atom. The average Bonchev–Trinajstić information content (AvgIpc) is 3.65. The second kappa shape index (κ2) is 19.4. The molecule has 19 heteroatoms. The number of fused-ring (bicyclic) bond motifs is 2. The zero-order chi connectivity index (χ0) is 40.6. The number of nitrogens with zero attached hydrogens (tertiary/aromatic N) is 3. The molecule has 1 unspecified atom stereocenters. The molecule has 0 amide bonds. The van der Waals surface area contributed by atoms with E-state index in [1.54, 1.807) is 38.6 Å². The van der Waals surface area contributed by atoms with Crippen LogP contribution < -0.4 is 19.1 Å². The van der Waals surface area contributed by atoms with Crippen LogP contribution in [0.15, 0.2) is 75.5 Å². The zero-order valence-corrected chi connectivity index (χ0v) is 35.7. The van der Waals surface area contributed by atoms with E-state index in [-0.39, 0.29) is 43.4 Å². The van der Waals surface area contributed by atoms with Crippen LogP contribution in [0.1, 0.15) is 45.0 Å². The smallest absolute Gasteiger partial charge is 0.328 e. The van der Waals surface area contributed by atoms with Crippen LogP contribution in [0.3, 0.4) is 0 Å². The van der Waals surface area contributed by atoms with Gasteiger partial charge in [0, 0.05) is 46.2 Å². The molecule has 0 spiro atoms. The molecule has 4 aromatic rings. The molecule has 3 aromatic carbocycles. The van der Waals surface area contributed by atoms with Crippen molar-refractivity contribution >= 4 is 106 Å². The van der Waals surface area contributed by atoms with Crippen LogP contribution in [0.4, 0.5) is 11.4 Å². The van der Waals surface area contributed by atoms with E-state index in [1.165, 1.54) is 40.5 Å². The molecule has 5 rings (SSSR count). The molecule has 0 bridgehead atoms. The van der Waals surface area contributed by atoms with Gasteiger partial charge < -0.3 is 19.3 Å². The molecule has 1 atom stereocenters. The molecule has 56 heavy (non-hydrogen) atoms. The highest BCUT2D eigenvalue weighted by Crippen LogP contribution is 2.48. The van der Waals surface area contributed by atoms with Crippen molar-refractivity contribution in [1.29, 1.82) is 0 Å². The Kier molecular flexibility index (Phi) is 15.1. The van der Waals surface area contributed by atoms with E-state index < -0.39 is 38.1 Å². The van der Waals surface area contributed by atoms with Gasteiger partial charge in [0.25, 0.3) is 15.1 Å². The van der Waals surface area contributed by atoms with Gasteiger partial charge >= 0.3 is 11.9 Å². The first kappa shape index (κ1) is 43.7. The number of benzene rings is 3. The summed E-state index contributed by atoms with van der Waals surface area (Å²) >= 11 is 15.9. The van der Waals surface area contributed by atoms with Crippen LogP contribution in [0.5, 0.6) is 0 Å². The second-order valence-electron chi connectivity index (χ2n) is 12.7. The van der Waals surface area contributed by atoms with Crippen molar-refractivity contribution in [1.82, 2.24) is 4.72 Å². The Morgan fingerprint density at radius 3 is 2.36 bits per heavy atom. The highest BCUT2D eigenvalue weighted by molar-refractivity contribution is 8.04. The summed E-state index contributed by atoms with van der Waals surface area (Å²) in [6, 6.07) is 16.3. The topological polar surface area (TPSA) is 163 Å². The number of aromatic nitrogens is 1. The van der Waals surface area contributed by atoms with Gasteiger partial charge in [-0.25, -0.2) is 17.9 Å². The highest BCUT2D eigenvalue weighted by Gasteiger charge is 2.29. The summed E-state index contributed by atoms with van der Waals surface area (Å²) in [4.78, 5) is 29.5. The molecular weight excluding hydrogens is 844 g/mol. The van der Waals surface area contributed by atoms with Crippen LogP contribution in [-0.4, -0.2) is 78.0 Å². The summed E-state index contributed by atoms with van der Waals surface area (Å²) in [6.45, 7) is 6.15. The van der Waals surface area contributed by atoms with Crippen molar-refractivity contribution in [3.63, 3.8) is 0 Å². The van der Waals surface area contributed by atoms with Crippen LogP contribution in [-0.2, 0) is 45.7 Å². The minimum absolute atomic E-state index is 0.0281. The molecule has 2 heterocycles. The third kappa shape index (κ3) is 11.4. The SMILES string of the molecule is CCOC(=O)CN(c1ccc(S(=O)(=O)NCCCCN2C(=Cc3sc4ccc(Cl)cc4[n+]3CCCS(=O)(=O)O)Sc3ccc(Cl)cc32)cc1)C(C)C(=O)OCC. The molecule has 13 nitrogen and oxygen atoms in total. The number of unbranched alkanes of at least 4 members (excludes halogenated alkanes) is 1. The lowest BCUT2D eigenvalue weighted by molar-refractivity contribution is -0.668. The summed E-state index contributed by atoms with van der Waals surface area (Å²) in [7, 11) is -8.02. The van der Waals surface area contributed by atoms with Gasteiger partial charge in [0.1, 0.15) is 17.3 Å². The predicted molar refractivity (Wildman–Crippen MR) is 222 cm³/mol. The van der Waals surface area contributed by atoms with Gasteiger partial charge in [-0.1, -0.05) is 46.3 Å². The fraction of sp³-hybridized carbons (Fsp3) is 0.378. The van der Waals surface area contributed by atoms with Gasteiger partial charge in [-0.2, -0.15) is 13.0 Å². The lowest BCUT2D eigenvalue weighted by Gasteiger charge is -2.29. The molecule has 1 aromatic heterocycles. The Balaban J connectivity index is 1.28. The van der Waals surface area contributed by atoms with Crippen LogP contribution >= 0.6 is 46.3 Å². The van der Waals surface area contributed by atoms with E-state index in [0.29, 0.717) is 41.7 Å². The maximum atomic E-state index is 13.3. The second-order valence-corrected chi connectivity index (χ2v) is 19.0. The van der Waals surface area contributed by atoms with Crippen molar-refractivity contribution in [2.24, 2.45) is 0 Å². The lowest BCUT2D eigenvalue weighted by Crippen LogP contribution is -2.43. The molecule has 0 fully saturated rings. The number of carbonyl (C=O) groups is 2. The Bertz CT molecular complexity index is 2300. The number of aryl methyl sites for hydroxylation is 1.